The van der Waals surface area contributed by atoms with Crippen molar-refractivity contribution >= 4 is 22.4 Å². The van der Waals surface area contributed by atoms with Crippen LogP contribution in [0.1, 0.15) is 50.0 Å². The standard InChI is InChI=1S/C14H21N3O2S/c1-14(2)7-10(5-6-19-14)15-12(18)11-8-20-13(17-11)16-9-3-4-9/h8-10H,3-7H2,1-2H3,(H,15,18)(H,16,17)/t10-/m0/s1. The molecule has 20 heavy (non-hydrogen) atoms. The van der Waals surface area contributed by atoms with Crippen molar-refractivity contribution in [2.45, 2.75) is 57.2 Å². The molecule has 1 aliphatic heterocycles. The third kappa shape index (κ3) is 3.49. The number of nitrogens with one attached hydrogen (secondary N) is 2. The zero-order valence-electron chi connectivity index (χ0n) is 11.9. The van der Waals surface area contributed by atoms with Crippen LogP contribution < -0.4 is 10.6 Å². The van der Waals surface area contributed by atoms with Crippen LogP contribution in [0.5, 0.6) is 0 Å². The summed E-state index contributed by atoms with van der Waals surface area (Å²) in [5.41, 5.74) is 0.360. The molecule has 2 N–H and O–H groups in total. The number of hydrogen-bond acceptors (Lipinski definition) is 5. The number of hydrogen-bond donors (Lipinski definition) is 2. The van der Waals surface area contributed by atoms with Gasteiger partial charge in [0.1, 0.15) is 5.69 Å². The maximum atomic E-state index is 12.2. The summed E-state index contributed by atoms with van der Waals surface area (Å²) in [6.45, 7) is 4.82. The molecule has 110 valence electrons. The highest BCUT2D eigenvalue weighted by Crippen LogP contribution is 2.27. The molecule has 3 rings (SSSR count). The monoisotopic (exact) mass is 295 g/mol. The molecular weight excluding hydrogens is 274 g/mol. The van der Waals surface area contributed by atoms with Crippen molar-refractivity contribution < 1.29 is 9.53 Å². The van der Waals surface area contributed by atoms with E-state index in [0.717, 1.165) is 18.0 Å². The lowest BCUT2D eigenvalue weighted by Crippen LogP contribution is -2.45. The van der Waals surface area contributed by atoms with E-state index in [0.29, 0.717) is 18.3 Å². The highest BCUT2D eigenvalue weighted by Gasteiger charge is 2.30. The van der Waals surface area contributed by atoms with E-state index in [-0.39, 0.29) is 17.6 Å². The lowest BCUT2D eigenvalue weighted by Gasteiger charge is -2.35. The van der Waals surface area contributed by atoms with E-state index in [4.69, 9.17) is 4.74 Å². The molecule has 0 radical (unpaired) electrons. The van der Waals surface area contributed by atoms with Gasteiger partial charge in [0.2, 0.25) is 0 Å². The van der Waals surface area contributed by atoms with Crippen LogP contribution in [0.25, 0.3) is 0 Å². The normalized spacial score (nSPS) is 25.2. The van der Waals surface area contributed by atoms with Crippen molar-refractivity contribution in [3.8, 4) is 0 Å². The molecule has 5 nitrogen and oxygen atoms in total. The molecule has 1 aliphatic carbocycles. The molecule has 0 unspecified atom stereocenters. The molecule has 0 aromatic carbocycles. The maximum Gasteiger partial charge on any atom is 0.271 e. The predicted molar refractivity (Wildman–Crippen MR) is 79.3 cm³/mol. The van der Waals surface area contributed by atoms with Gasteiger partial charge in [0.15, 0.2) is 5.13 Å². The van der Waals surface area contributed by atoms with Gasteiger partial charge in [0.05, 0.1) is 5.60 Å². The molecule has 1 aromatic rings. The second kappa shape index (κ2) is 5.33. The third-order valence-corrected chi connectivity index (χ3v) is 4.45. The number of nitrogens with zero attached hydrogens (tertiary/aromatic N) is 1. The number of amides is 1. The topological polar surface area (TPSA) is 63.2 Å². The van der Waals surface area contributed by atoms with E-state index in [9.17, 15) is 4.79 Å². The molecule has 1 aromatic heterocycles. The second-order valence-electron chi connectivity index (χ2n) is 6.23. The third-order valence-electron chi connectivity index (χ3n) is 3.67. The fourth-order valence-electron chi connectivity index (χ4n) is 2.46. The Balaban J connectivity index is 1.56. The first kappa shape index (κ1) is 13.8. The van der Waals surface area contributed by atoms with Crippen LogP contribution in [-0.4, -0.2) is 35.2 Å². The van der Waals surface area contributed by atoms with Crippen molar-refractivity contribution in [3.63, 3.8) is 0 Å². The highest BCUT2D eigenvalue weighted by atomic mass is 32.1. The SMILES string of the molecule is CC1(C)C[C@@H](NC(=O)c2csc(NC3CC3)n2)CCO1. The number of carbonyl (C=O) groups excluding carboxylic acids is 1. The minimum absolute atomic E-state index is 0.0761. The Kier molecular flexibility index (Phi) is 3.69. The minimum Gasteiger partial charge on any atom is -0.375 e. The van der Waals surface area contributed by atoms with E-state index in [1.165, 1.54) is 24.2 Å². The fourth-order valence-corrected chi connectivity index (χ4v) is 3.23. The second-order valence-corrected chi connectivity index (χ2v) is 7.09. The van der Waals surface area contributed by atoms with Crippen LogP contribution in [0.3, 0.4) is 0 Å². The Hall–Kier alpha value is -1.14. The summed E-state index contributed by atoms with van der Waals surface area (Å²) in [5.74, 6) is -0.0761. The Morgan fingerprint density at radius 2 is 2.20 bits per heavy atom. The molecule has 2 heterocycles. The summed E-state index contributed by atoms with van der Waals surface area (Å²) in [7, 11) is 0. The van der Waals surface area contributed by atoms with Gasteiger partial charge in [0.25, 0.3) is 5.91 Å². The smallest absolute Gasteiger partial charge is 0.271 e. The van der Waals surface area contributed by atoms with E-state index in [1.807, 2.05) is 5.38 Å². The van der Waals surface area contributed by atoms with Gasteiger partial charge in [-0.2, -0.15) is 0 Å². The lowest BCUT2D eigenvalue weighted by atomic mass is 9.94. The van der Waals surface area contributed by atoms with E-state index >= 15 is 0 Å². The van der Waals surface area contributed by atoms with Gasteiger partial charge in [-0.15, -0.1) is 11.3 Å². The summed E-state index contributed by atoms with van der Waals surface area (Å²) in [6, 6.07) is 0.737. The summed E-state index contributed by atoms with van der Waals surface area (Å²) in [5, 5.41) is 9.06. The molecule has 1 atom stereocenters. The number of carbonyl (C=O) groups is 1. The zero-order valence-corrected chi connectivity index (χ0v) is 12.8. The van der Waals surface area contributed by atoms with Crippen LogP contribution in [0.2, 0.25) is 0 Å². The molecule has 1 amide bonds. The molecular formula is C14H21N3O2S. The Bertz CT molecular complexity index is 496. The van der Waals surface area contributed by atoms with Gasteiger partial charge >= 0.3 is 0 Å². The largest absolute Gasteiger partial charge is 0.375 e. The van der Waals surface area contributed by atoms with E-state index < -0.39 is 0 Å². The van der Waals surface area contributed by atoms with Crippen molar-refractivity contribution in [2.75, 3.05) is 11.9 Å². The lowest BCUT2D eigenvalue weighted by molar-refractivity contribution is -0.0615. The van der Waals surface area contributed by atoms with Crippen molar-refractivity contribution in [1.29, 1.82) is 0 Å². The van der Waals surface area contributed by atoms with Gasteiger partial charge in [-0.1, -0.05) is 0 Å². The summed E-state index contributed by atoms with van der Waals surface area (Å²) in [4.78, 5) is 16.6. The number of ether oxygens (including phenoxy) is 1. The highest BCUT2D eigenvalue weighted by molar-refractivity contribution is 7.13. The average molecular weight is 295 g/mol. The molecule has 0 bridgehead atoms. The first-order valence-corrected chi connectivity index (χ1v) is 8.07. The van der Waals surface area contributed by atoms with Gasteiger partial charge in [-0.3, -0.25) is 4.79 Å². The summed E-state index contributed by atoms with van der Waals surface area (Å²) >= 11 is 1.50. The van der Waals surface area contributed by atoms with Crippen molar-refractivity contribution in [2.24, 2.45) is 0 Å². The minimum atomic E-state index is -0.156. The van der Waals surface area contributed by atoms with Crippen molar-refractivity contribution in [1.82, 2.24) is 10.3 Å². The Morgan fingerprint density at radius 1 is 1.40 bits per heavy atom. The van der Waals surface area contributed by atoms with Crippen molar-refractivity contribution in [3.05, 3.63) is 11.1 Å². The van der Waals surface area contributed by atoms with Gasteiger partial charge in [-0.05, 0) is 39.5 Å². The summed E-state index contributed by atoms with van der Waals surface area (Å²) < 4.78 is 5.66. The van der Waals surface area contributed by atoms with Crippen LogP contribution >= 0.6 is 11.3 Å². The quantitative estimate of drug-likeness (QED) is 0.895. The molecule has 2 fully saturated rings. The van der Waals surface area contributed by atoms with Gasteiger partial charge in [-0.25, -0.2) is 4.98 Å². The molecule has 2 aliphatic rings. The molecule has 1 saturated heterocycles. The first-order valence-electron chi connectivity index (χ1n) is 7.19. The zero-order chi connectivity index (χ0) is 14.2. The summed E-state index contributed by atoms with van der Waals surface area (Å²) in [6.07, 6.45) is 4.12. The molecule has 1 saturated carbocycles. The number of anilines is 1. The van der Waals surface area contributed by atoms with E-state index in [1.54, 1.807) is 0 Å². The van der Waals surface area contributed by atoms with E-state index in [2.05, 4.69) is 29.5 Å². The maximum absolute atomic E-state index is 12.2. The molecule has 6 heteroatoms. The average Bonchev–Trinajstić information content (AvgIpc) is 3.03. The predicted octanol–water partition coefficient (Wildman–Crippen LogP) is 2.40. The van der Waals surface area contributed by atoms with Crippen LogP contribution in [0.4, 0.5) is 5.13 Å². The Morgan fingerprint density at radius 3 is 2.90 bits per heavy atom. The van der Waals surface area contributed by atoms with Crippen LogP contribution in [0, 0.1) is 0 Å². The number of thiazole rings is 1. The Labute approximate surface area is 123 Å². The fraction of sp³-hybridized carbons (Fsp3) is 0.714. The van der Waals surface area contributed by atoms with Gasteiger partial charge in [0, 0.05) is 24.1 Å². The van der Waals surface area contributed by atoms with Gasteiger partial charge < -0.3 is 15.4 Å². The number of aromatic nitrogens is 1. The number of rotatable bonds is 4. The van der Waals surface area contributed by atoms with Crippen LogP contribution in [-0.2, 0) is 4.74 Å². The molecule has 0 spiro atoms. The van der Waals surface area contributed by atoms with Crippen LogP contribution in [0.15, 0.2) is 5.38 Å². The first-order chi connectivity index (χ1) is 9.52.